The highest BCUT2D eigenvalue weighted by atomic mass is 14.8. The summed E-state index contributed by atoms with van der Waals surface area (Å²) in [6.45, 7) is 0. The maximum Gasteiger partial charge on any atom is 0.0376 e. The summed E-state index contributed by atoms with van der Waals surface area (Å²) >= 11 is 0. The fraction of sp³-hybridized carbons (Fsp3) is 0.304. The van der Waals surface area contributed by atoms with E-state index in [1.54, 1.807) is 0 Å². The van der Waals surface area contributed by atoms with Gasteiger partial charge >= 0.3 is 0 Å². The van der Waals surface area contributed by atoms with Gasteiger partial charge in [0.15, 0.2) is 0 Å². The van der Waals surface area contributed by atoms with Crippen molar-refractivity contribution < 1.29 is 0 Å². The smallest absolute Gasteiger partial charge is 0.0376 e. The number of allylic oxidation sites excluding steroid dienone is 2. The van der Waals surface area contributed by atoms with Crippen LogP contribution in [0.4, 0.5) is 5.69 Å². The molecule has 4 rings (SSSR count). The quantitative estimate of drug-likeness (QED) is 0.794. The number of nitrogens with one attached hydrogen (secondary N) is 1. The van der Waals surface area contributed by atoms with E-state index in [4.69, 9.17) is 5.73 Å². The molecule has 0 radical (unpaired) electrons. The van der Waals surface area contributed by atoms with Gasteiger partial charge in [-0.3, -0.25) is 0 Å². The maximum absolute atomic E-state index is 6.54. The Hall–Kier alpha value is -2.32. The van der Waals surface area contributed by atoms with E-state index in [0.29, 0.717) is 17.8 Å². The van der Waals surface area contributed by atoms with E-state index in [2.05, 4.69) is 78.2 Å². The number of para-hydroxylation sites is 1. The molecule has 0 amide bonds. The van der Waals surface area contributed by atoms with Crippen LogP contribution in [0, 0.1) is 11.8 Å². The summed E-state index contributed by atoms with van der Waals surface area (Å²) in [4.78, 5) is 0. The highest BCUT2D eigenvalue weighted by molar-refractivity contribution is 5.64. The number of rotatable bonds is 3. The zero-order valence-corrected chi connectivity index (χ0v) is 14.7. The molecule has 2 aliphatic carbocycles. The van der Waals surface area contributed by atoms with Crippen molar-refractivity contribution >= 4 is 11.8 Å². The molecule has 0 saturated carbocycles. The topological polar surface area (TPSA) is 38.0 Å². The SMILES string of the molecule is CNc1ccccc1C1c2ccccc2C=CC1C1C=CCCC1N. The van der Waals surface area contributed by atoms with E-state index in [1.165, 1.54) is 22.4 Å². The van der Waals surface area contributed by atoms with Gasteiger partial charge in [-0.15, -0.1) is 0 Å². The van der Waals surface area contributed by atoms with Crippen LogP contribution in [0.5, 0.6) is 0 Å². The molecule has 0 bridgehead atoms. The monoisotopic (exact) mass is 330 g/mol. The molecule has 0 fully saturated rings. The average Bonchev–Trinajstić information content (AvgIpc) is 2.67. The number of benzene rings is 2. The molecule has 4 atom stereocenters. The summed E-state index contributed by atoms with van der Waals surface area (Å²) in [6, 6.07) is 17.7. The van der Waals surface area contributed by atoms with Crippen LogP contribution in [0.2, 0.25) is 0 Å². The predicted molar refractivity (Wildman–Crippen MR) is 107 cm³/mol. The van der Waals surface area contributed by atoms with Crippen LogP contribution in [-0.4, -0.2) is 13.1 Å². The van der Waals surface area contributed by atoms with Gasteiger partial charge in [0.05, 0.1) is 0 Å². The van der Waals surface area contributed by atoms with Gasteiger partial charge in [-0.05, 0) is 47.4 Å². The Balaban J connectivity index is 1.86. The number of anilines is 1. The number of nitrogens with two attached hydrogens (primary N) is 1. The Morgan fingerprint density at radius 1 is 0.920 bits per heavy atom. The minimum atomic E-state index is 0.231. The highest BCUT2D eigenvalue weighted by Gasteiger charge is 2.36. The molecule has 0 spiro atoms. The van der Waals surface area contributed by atoms with Crippen molar-refractivity contribution in [1.29, 1.82) is 0 Å². The minimum absolute atomic E-state index is 0.231. The van der Waals surface area contributed by atoms with Crippen LogP contribution in [0.3, 0.4) is 0 Å². The van der Waals surface area contributed by atoms with Gasteiger partial charge in [-0.2, -0.15) is 0 Å². The minimum Gasteiger partial charge on any atom is -0.388 e. The lowest BCUT2D eigenvalue weighted by Gasteiger charge is -2.39. The van der Waals surface area contributed by atoms with Gasteiger partial charge in [0, 0.05) is 24.7 Å². The molecule has 0 heterocycles. The zero-order valence-electron chi connectivity index (χ0n) is 14.7. The Bertz CT molecular complexity index is 805. The third-order valence-electron chi connectivity index (χ3n) is 5.74. The van der Waals surface area contributed by atoms with Gasteiger partial charge in [0.25, 0.3) is 0 Å². The van der Waals surface area contributed by atoms with Crippen LogP contribution < -0.4 is 11.1 Å². The summed E-state index contributed by atoms with van der Waals surface area (Å²) in [5.74, 6) is 1.09. The van der Waals surface area contributed by atoms with Gasteiger partial charge in [0.2, 0.25) is 0 Å². The van der Waals surface area contributed by atoms with Crippen LogP contribution in [-0.2, 0) is 0 Å². The molecule has 0 aliphatic heterocycles. The fourth-order valence-electron chi connectivity index (χ4n) is 4.49. The molecule has 2 heteroatoms. The van der Waals surface area contributed by atoms with E-state index in [9.17, 15) is 0 Å². The number of hydrogen-bond donors (Lipinski definition) is 2. The third kappa shape index (κ3) is 2.91. The van der Waals surface area contributed by atoms with E-state index < -0.39 is 0 Å². The molecule has 2 aromatic carbocycles. The first-order chi connectivity index (χ1) is 12.3. The largest absolute Gasteiger partial charge is 0.388 e. The third-order valence-corrected chi connectivity index (χ3v) is 5.74. The first-order valence-electron chi connectivity index (χ1n) is 9.25. The van der Waals surface area contributed by atoms with Gasteiger partial charge in [-0.25, -0.2) is 0 Å². The van der Waals surface area contributed by atoms with E-state index in [0.717, 1.165) is 12.8 Å². The normalized spacial score (nSPS) is 27.8. The molecule has 128 valence electrons. The highest BCUT2D eigenvalue weighted by Crippen LogP contribution is 2.46. The lowest BCUT2D eigenvalue weighted by molar-refractivity contribution is 0.341. The molecule has 2 aliphatic rings. The second-order valence-corrected chi connectivity index (χ2v) is 7.13. The zero-order chi connectivity index (χ0) is 17.2. The first kappa shape index (κ1) is 16.2. The molecular formula is C23H26N2. The Morgan fingerprint density at radius 3 is 2.48 bits per heavy atom. The summed E-state index contributed by atoms with van der Waals surface area (Å²) in [5, 5.41) is 3.39. The first-order valence-corrected chi connectivity index (χ1v) is 9.25. The molecule has 25 heavy (non-hydrogen) atoms. The van der Waals surface area contributed by atoms with Gasteiger partial charge in [-0.1, -0.05) is 66.8 Å². The maximum atomic E-state index is 6.54. The van der Waals surface area contributed by atoms with Crippen LogP contribution in [0.15, 0.2) is 66.8 Å². The van der Waals surface area contributed by atoms with Crippen LogP contribution in [0.1, 0.15) is 35.4 Å². The van der Waals surface area contributed by atoms with Crippen molar-refractivity contribution in [3.63, 3.8) is 0 Å². The second-order valence-electron chi connectivity index (χ2n) is 7.13. The molecule has 2 nitrogen and oxygen atoms in total. The van der Waals surface area contributed by atoms with Crippen molar-refractivity contribution in [3.05, 3.63) is 83.4 Å². The van der Waals surface area contributed by atoms with Crippen LogP contribution in [0.25, 0.3) is 6.08 Å². The Morgan fingerprint density at radius 2 is 1.68 bits per heavy atom. The van der Waals surface area contributed by atoms with Gasteiger partial charge < -0.3 is 11.1 Å². The standard InChI is InChI=1S/C23H26N2/c1-25-22-13-7-5-11-20(22)23-17-9-3-2-8-16(17)14-15-19(23)18-10-4-6-12-21(18)24/h2-5,7-11,13-15,18-19,21,23,25H,6,12,24H2,1H3. The lowest BCUT2D eigenvalue weighted by atomic mass is 9.67. The van der Waals surface area contributed by atoms with Crippen molar-refractivity contribution in [2.75, 3.05) is 12.4 Å². The molecule has 4 unspecified atom stereocenters. The molecule has 2 aromatic rings. The van der Waals surface area contributed by atoms with E-state index >= 15 is 0 Å². The number of hydrogen-bond acceptors (Lipinski definition) is 2. The summed E-state index contributed by atoms with van der Waals surface area (Å²) in [5.41, 5.74) is 11.8. The van der Waals surface area contributed by atoms with Crippen molar-refractivity contribution in [3.8, 4) is 0 Å². The second kappa shape index (κ2) is 6.89. The van der Waals surface area contributed by atoms with Gasteiger partial charge in [0.1, 0.15) is 0 Å². The lowest BCUT2D eigenvalue weighted by Crippen LogP contribution is -2.38. The predicted octanol–water partition coefficient (Wildman–Crippen LogP) is 4.80. The van der Waals surface area contributed by atoms with Crippen LogP contribution >= 0.6 is 0 Å². The van der Waals surface area contributed by atoms with Crippen molar-refractivity contribution in [2.45, 2.75) is 24.8 Å². The molecule has 3 N–H and O–H groups in total. The molecule has 0 aromatic heterocycles. The van der Waals surface area contributed by atoms with Crippen molar-refractivity contribution in [1.82, 2.24) is 0 Å². The summed E-state index contributed by atoms with van der Waals surface area (Å²) in [7, 11) is 2.00. The van der Waals surface area contributed by atoms with Crippen molar-refractivity contribution in [2.24, 2.45) is 17.6 Å². The summed E-state index contributed by atoms with van der Waals surface area (Å²) in [6.07, 6.45) is 11.5. The Kier molecular flexibility index (Phi) is 4.46. The van der Waals surface area contributed by atoms with E-state index in [-0.39, 0.29) is 6.04 Å². The fourth-order valence-corrected chi connectivity index (χ4v) is 4.49. The summed E-state index contributed by atoms with van der Waals surface area (Å²) < 4.78 is 0. The average molecular weight is 330 g/mol. The molecular weight excluding hydrogens is 304 g/mol. The van der Waals surface area contributed by atoms with E-state index in [1.807, 2.05) is 7.05 Å². The molecule has 0 saturated heterocycles. The Labute approximate surface area is 150 Å². The number of fused-ring (bicyclic) bond motifs is 1.